The van der Waals surface area contributed by atoms with Gasteiger partial charge in [0.25, 0.3) is 0 Å². The number of nitrogens with zero attached hydrogens (tertiary/aromatic N) is 1. The molecule has 0 radical (unpaired) electrons. The molecule has 0 bridgehead atoms. The number of rotatable bonds is 4. The fraction of sp³-hybridized carbons (Fsp3) is 0.235. The minimum Gasteiger partial charge on any atom is -0.321 e. The van der Waals surface area contributed by atoms with Crippen LogP contribution in [0.5, 0.6) is 0 Å². The van der Waals surface area contributed by atoms with Gasteiger partial charge in [-0.1, -0.05) is 23.7 Å². The zero-order valence-electron chi connectivity index (χ0n) is 14.0. The predicted octanol–water partition coefficient (Wildman–Crippen LogP) is 3.55. The predicted molar refractivity (Wildman–Crippen MR) is 96.9 cm³/mol. The third-order valence-electron chi connectivity index (χ3n) is 4.10. The van der Waals surface area contributed by atoms with Gasteiger partial charge in [0.05, 0.1) is 11.9 Å². The average molecular weight is 416 g/mol. The van der Waals surface area contributed by atoms with Gasteiger partial charge in [-0.2, -0.15) is 4.31 Å². The maximum absolute atomic E-state index is 13.9. The van der Waals surface area contributed by atoms with Crippen LogP contribution in [0.25, 0.3) is 0 Å². The molecule has 0 aromatic heterocycles. The minimum atomic E-state index is -4.13. The minimum absolute atomic E-state index is 0.0987. The molecule has 10 heteroatoms. The van der Waals surface area contributed by atoms with Crippen LogP contribution in [0.3, 0.4) is 0 Å². The van der Waals surface area contributed by atoms with Crippen LogP contribution in [0.2, 0.25) is 5.02 Å². The summed E-state index contributed by atoms with van der Waals surface area (Å²) in [5, 5.41) is 4.97. The Morgan fingerprint density at radius 3 is 2.59 bits per heavy atom. The first kappa shape index (κ1) is 19.5. The van der Waals surface area contributed by atoms with E-state index in [0.29, 0.717) is 12.8 Å². The normalized spacial score (nSPS) is 17.7. The first-order chi connectivity index (χ1) is 12.8. The summed E-state index contributed by atoms with van der Waals surface area (Å²) in [5.41, 5.74) is -0.0987. The zero-order chi connectivity index (χ0) is 19.6. The highest BCUT2D eigenvalue weighted by Crippen LogP contribution is 2.26. The highest BCUT2D eigenvalue weighted by atomic mass is 35.5. The number of hydrogen-bond acceptors (Lipinski definition) is 3. The van der Waals surface area contributed by atoms with Gasteiger partial charge in [0.1, 0.15) is 16.5 Å². The van der Waals surface area contributed by atoms with Crippen LogP contribution in [0.4, 0.5) is 19.3 Å². The highest BCUT2D eigenvalue weighted by Gasteiger charge is 2.37. The Hall–Kier alpha value is -2.23. The number of halogens is 3. The van der Waals surface area contributed by atoms with Crippen molar-refractivity contribution >= 4 is 33.3 Å². The summed E-state index contributed by atoms with van der Waals surface area (Å²) >= 11 is 5.66. The van der Waals surface area contributed by atoms with Crippen LogP contribution in [0.15, 0.2) is 47.4 Å². The van der Waals surface area contributed by atoms with Gasteiger partial charge >= 0.3 is 6.03 Å². The first-order valence-corrected chi connectivity index (χ1v) is 9.90. The third kappa shape index (κ3) is 4.20. The van der Waals surface area contributed by atoms with E-state index in [1.54, 1.807) is 0 Å². The average Bonchev–Trinajstić information content (AvgIpc) is 3.06. The van der Waals surface area contributed by atoms with E-state index < -0.39 is 38.8 Å². The van der Waals surface area contributed by atoms with Crippen LogP contribution in [0, 0.1) is 11.6 Å². The lowest BCUT2D eigenvalue weighted by Crippen LogP contribution is -2.48. The monoisotopic (exact) mass is 415 g/mol. The maximum Gasteiger partial charge on any atom is 0.320 e. The third-order valence-corrected chi connectivity index (χ3v) is 6.28. The van der Waals surface area contributed by atoms with E-state index in [1.807, 2.05) is 0 Å². The summed E-state index contributed by atoms with van der Waals surface area (Å²) in [4.78, 5) is 11.7. The second-order valence-corrected chi connectivity index (χ2v) is 8.22. The Labute approximate surface area is 160 Å². The molecule has 6 nitrogen and oxygen atoms in total. The molecule has 3 rings (SSSR count). The van der Waals surface area contributed by atoms with Crippen LogP contribution in [-0.4, -0.2) is 31.5 Å². The van der Waals surface area contributed by atoms with E-state index in [2.05, 4.69) is 10.6 Å². The van der Waals surface area contributed by atoms with Gasteiger partial charge in [0.15, 0.2) is 0 Å². The smallest absolute Gasteiger partial charge is 0.320 e. The van der Waals surface area contributed by atoms with Gasteiger partial charge < -0.3 is 10.6 Å². The number of carbonyl (C=O) groups excluding carboxylic acids is 1. The molecule has 0 spiro atoms. The van der Waals surface area contributed by atoms with Gasteiger partial charge in [-0.15, -0.1) is 0 Å². The van der Waals surface area contributed by atoms with E-state index in [-0.39, 0.29) is 17.3 Å². The summed E-state index contributed by atoms with van der Waals surface area (Å²) in [6.45, 7) is 0.136. The van der Waals surface area contributed by atoms with Crippen molar-refractivity contribution in [2.24, 2.45) is 0 Å². The van der Waals surface area contributed by atoms with E-state index >= 15 is 0 Å². The lowest BCUT2D eigenvalue weighted by molar-refractivity contribution is 0.240. The Morgan fingerprint density at radius 1 is 1.15 bits per heavy atom. The standard InChI is InChI=1S/C17H16ClF2N3O3S/c18-11-7-8-14(13(20)10-11)21-17(24)22-16-6-3-9-23(16)27(25,26)15-5-2-1-4-12(15)19/h1-2,4-5,7-8,10,16H,3,6,9H2,(H2,21,22,24)/t16-/m0/s1. The van der Waals surface area contributed by atoms with Gasteiger partial charge in [0.2, 0.25) is 10.0 Å². The van der Waals surface area contributed by atoms with E-state index in [9.17, 15) is 22.0 Å². The van der Waals surface area contributed by atoms with Crippen LogP contribution in [0.1, 0.15) is 12.8 Å². The quantitative estimate of drug-likeness (QED) is 0.801. The molecule has 0 aliphatic carbocycles. The lowest BCUT2D eigenvalue weighted by Gasteiger charge is -2.25. The number of carbonyl (C=O) groups is 1. The number of benzene rings is 2. The molecule has 1 fully saturated rings. The molecule has 1 saturated heterocycles. The van der Waals surface area contributed by atoms with Crippen molar-refractivity contribution in [3.63, 3.8) is 0 Å². The second-order valence-electron chi connectivity index (χ2n) is 5.93. The Kier molecular flexibility index (Phi) is 5.64. The Balaban J connectivity index is 1.75. The number of sulfonamides is 1. The van der Waals surface area contributed by atoms with E-state index in [4.69, 9.17) is 11.6 Å². The number of amides is 2. The second kappa shape index (κ2) is 7.79. The number of hydrogen-bond donors (Lipinski definition) is 2. The number of anilines is 1. The maximum atomic E-state index is 13.9. The molecule has 144 valence electrons. The summed E-state index contributed by atoms with van der Waals surface area (Å²) in [7, 11) is -4.13. The topological polar surface area (TPSA) is 78.5 Å². The van der Waals surface area contributed by atoms with Crippen LogP contribution in [-0.2, 0) is 10.0 Å². The molecule has 2 aromatic carbocycles. The highest BCUT2D eigenvalue weighted by molar-refractivity contribution is 7.89. The van der Waals surface area contributed by atoms with Crippen molar-refractivity contribution in [3.8, 4) is 0 Å². The summed E-state index contributed by atoms with van der Waals surface area (Å²) in [5.74, 6) is -1.59. The molecule has 2 amide bonds. The SMILES string of the molecule is O=C(Nc1ccc(Cl)cc1F)N[C@@H]1CCCN1S(=O)(=O)c1ccccc1F. The molecular formula is C17H16ClF2N3O3S. The van der Waals surface area contributed by atoms with Gasteiger partial charge in [-0.25, -0.2) is 22.0 Å². The molecular weight excluding hydrogens is 400 g/mol. The van der Waals surface area contributed by atoms with Crippen molar-refractivity contribution < 1.29 is 22.0 Å². The zero-order valence-corrected chi connectivity index (χ0v) is 15.5. The van der Waals surface area contributed by atoms with Crippen molar-refractivity contribution in [2.45, 2.75) is 23.9 Å². The Bertz CT molecular complexity index is 972. The van der Waals surface area contributed by atoms with E-state index in [1.165, 1.54) is 30.3 Å². The Morgan fingerprint density at radius 2 is 1.89 bits per heavy atom. The fourth-order valence-electron chi connectivity index (χ4n) is 2.85. The molecule has 1 atom stereocenters. The van der Waals surface area contributed by atoms with Crippen molar-refractivity contribution in [2.75, 3.05) is 11.9 Å². The lowest BCUT2D eigenvalue weighted by atomic mass is 10.3. The van der Waals surface area contributed by atoms with Gasteiger partial charge in [0, 0.05) is 11.6 Å². The van der Waals surface area contributed by atoms with E-state index in [0.717, 1.165) is 16.4 Å². The van der Waals surface area contributed by atoms with Crippen molar-refractivity contribution in [1.82, 2.24) is 9.62 Å². The molecule has 0 saturated carbocycles. The molecule has 2 N–H and O–H groups in total. The molecule has 1 heterocycles. The van der Waals surface area contributed by atoms with Crippen molar-refractivity contribution in [3.05, 3.63) is 59.1 Å². The molecule has 1 aliphatic rings. The summed E-state index contributed by atoms with van der Waals surface area (Å²) in [6.07, 6.45) is -0.0250. The molecule has 1 aliphatic heterocycles. The summed E-state index contributed by atoms with van der Waals surface area (Å²) in [6, 6.07) is 8.00. The molecule has 2 aromatic rings. The van der Waals surface area contributed by atoms with Crippen molar-refractivity contribution in [1.29, 1.82) is 0 Å². The molecule has 27 heavy (non-hydrogen) atoms. The first-order valence-electron chi connectivity index (χ1n) is 8.08. The molecule has 0 unspecified atom stereocenters. The summed E-state index contributed by atoms with van der Waals surface area (Å²) < 4.78 is 54.2. The number of urea groups is 1. The largest absolute Gasteiger partial charge is 0.321 e. The number of nitrogens with one attached hydrogen (secondary N) is 2. The van der Waals surface area contributed by atoms with Gasteiger partial charge in [-0.3, -0.25) is 0 Å². The van der Waals surface area contributed by atoms with Crippen LogP contribution < -0.4 is 10.6 Å². The van der Waals surface area contributed by atoms with Gasteiger partial charge in [-0.05, 0) is 43.2 Å². The fourth-order valence-corrected chi connectivity index (χ4v) is 4.69. The van der Waals surface area contributed by atoms with Crippen LogP contribution >= 0.6 is 11.6 Å².